The molecule has 5 nitrogen and oxygen atoms in total. The fourth-order valence-electron chi connectivity index (χ4n) is 1.77. The molecule has 1 aromatic carbocycles. The number of amides is 1. The van der Waals surface area contributed by atoms with Gasteiger partial charge < -0.3 is 4.90 Å². The van der Waals surface area contributed by atoms with Gasteiger partial charge in [0.25, 0.3) is 5.91 Å². The minimum absolute atomic E-state index is 0.156. The summed E-state index contributed by atoms with van der Waals surface area (Å²) in [6, 6.07) is 3.59. The number of benzene rings is 1. The second-order valence-corrected chi connectivity index (χ2v) is 5.99. The first kappa shape index (κ1) is 17.4. The van der Waals surface area contributed by atoms with Crippen molar-refractivity contribution < 1.29 is 26.4 Å². The topological polar surface area (TPSA) is 80.5 Å². The lowest BCUT2D eigenvalue weighted by Crippen LogP contribution is -2.38. The number of aryl methyl sites for hydroxylation is 1. The zero-order chi connectivity index (χ0) is 16.4. The lowest BCUT2D eigenvalue weighted by molar-refractivity contribution is -0.140. The Morgan fingerprint density at radius 3 is 2.33 bits per heavy atom. The molecular weight excluding hydrogens is 309 g/mol. The van der Waals surface area contributed by atoms with Gasteiger partial charge in [-0.15, -0.1) is 0 Å². The summed E-state index contributed by atoms with van der Waals surface area (Å²) in [7, 11) is -4.05. The van der Waals surface area contributed by atoms with Crippen LogP contribution in [0.5, 0.6) is 0 Å². The van der Waals surface area contributed by atoms with Crippen LogP contribution >= 0.6 is 0 Å². The van der Waals surface area contributed by atoms with Crippen molar-refractivity contribution in [2.45, 2.75) is 24.9 Å². The van der Waals surface area contributed by atoms with Crippen molar-refractivity contribution in [3.05, 3.63) is 29.3 Å². The summed E-state index contributed by atoms with van der Waals surface area (Å²) >= 11 is 0. The molecule has 1 aromatic rings. The van der Waals surface area contributed by atoms with Crippen LogP contribution in [0.25, 0.3) is 0 Å². The molecule has 0 bridgehead atoms. The Labute approximate surface area is 120 Å². The lowest BCUT2D eigenvalue weighted by atomic mass is 10.1. The van der Waals surface area contributed by atoms with E-state index < -0.39 is 28.7 Å². The van der Waals surface area contributed by atoms with E-state index in [0.717, 1.165) is 6.07 Å². The Balaban J connectivity index is 3.19. The summed E-state index contributed by atoms with van der Waals surface area (Å²) in [5, 5.41) is 5.00. The van der Waals surface area contributed by atoms with Gasteiger partial charge in [-0.2, -0.15) is 13.2 Å². The van der Waals surface area contributed by atoms with Crippen molar-refractivity contribution in [2.24, 2.45) is 5.14 Å². The molecule has 0 radical (unpaired) electrons. The Morgan fingerprint density at radius 1 is 1.33 bits per heavy atom. The molecule has 0 aliphatic rings. The highest BCUT2D eigenvalue weighted by Gasteiger charge is 2.32. The predicted octanol–water partition coefficient (Wildman–Crippen LogP) is 1.67. The number of carbonyl (C=O) groups excluding carboxylic acids is 1. The van der Waals surface area contributed by atoms with Crippen LogP contribution in [0.1, 0.15) is 22.8 Å². The monoisotopic (exact) mass is 324 g/mol. The minimum Gasteiger partial charge on any atom is -0.330 e. The molecule has 0 spiro atoms. The van der Waals surface area contributed by atoms with Crippen molar-refractivity contribution in [1.29, 1.82) is 0 Å². The van der Waals surface area contributed by atoms with E-state index in [-0.39, 0.29) is 17.0 Å². The van der Waals surface area contributed by atoms with E-state index in [4.69, 9.17) is 5.14 Å². The Kier molecular flexibility index (Phi) is 5.00. The summed E-state index contributed by atoms with van der Waals surface area (Å²) in [6.07, 6.45) is -4.53. The second kappa shape index (κ2) is 6.02. The van der Waals surface area contributed by atoms with Gasteiger partial charge in [-0.25, -0.2) is 13.6 Å². The van der Waals surface area contributed by atoms with Crippen molar-refractivity contribution in [3.8, 4) is 0 Å². The molecule has 0 heterocycles. The molecule has 0 saturated heterocycles. The average Bonchev–Trinajstić information content (AvgIpc) is 2.33. The van der Waals surface area contributed by atoms with Crippen molar-refractivity contribution >= 4 is 15.9 Å². The van der Waals surface area contributed by atoms with E-state index in [2.05, 4.69) is 0 Å². The Morgan fingerprint density at radius 2 is 1.90 bits per heavy atom. The molecular formula is C12H15F3N2O3S. The molecule has 9 heteroatoms. The number of carbonyl (C=O) groups is 1. The number of nitrogens with two attached hydrogens (primary N) is 1. The summed E-state index contributed by atoms with van der Waals surface area (Å²) < 4.78 is 59.9. The molecule has 0 aliphatic heterocycles. The number of hydrogen-bond acceptors (Lipinski definition) is 3. The fraction of sp³-hybridized carbons (Fsp3) is 0.417. The molecule has 1 rings (SSSR count). The van der Waals surface area contributed by atoms with Gasteiger partial charge in [0.05, 0.1) is 4.90 Å². The summed E-state index contributed by atoms with van der Waals surface area (Å²) in [5.41, 5.74) is 0.156. The quantitative estimate of drug-likeness (QED) is 0.915. The third kappa shape index (κ3) is 4.71. The molecule has 21 heavy (non-hydrogen) atoms. The van der Waals surface area contributed by atoms with Crippen LogP contribution < -0.4 is 5.14 Å². The fourth-order valence-corrected chi connectivity index (χ4v) is 2.57. The highest BCUT2D eigenvalue weighted by atomic mass is 32.2. The zero-order valence-corrected chi connectivity index (χ0v) is 12.3. The van der Waals surface area contributed by atoms with Crippen LogP contribution in [-0.4, -0.2) is 38.5 Å². The molecule has 118 valence electrons. The summed E-state index contributed by atoms with van der Waals surface area (Å²) in [5.74, 6) is -0.903. The minimum atomic E-state index is -4.53. The molecule has 2 N–H and O–H groups in total. The molecule has 0 unspecified atom stereocenters. The molecule has 0 atom stereocenters. The molecule has 0 aliphatic carbocycles. The number of hydrogen-bond donors (Lipinski definition) is 1. The maximum absolute atomic E-state index is 12.4. The number of halogens is 3. The smallest absolute Gasteiger partial charge is 0.330 e. The number of alkyl halides is 3. The zero-order valence-electron chi connectivity index (χ0n) is 11.4. The van der Waals surface area contributed by atoms with Gasteiger partial charge in [-0.3, -0.25) is 4.79 Å². The van der Waals surface area contributed by atoms with E-state index >= 15 is 0 Å². The van der Waals surface area contributed by atoms with Crippen molar-refractivity contribution in [1.82, 2.24) is 4.90 Å². The predicted molar refractivity (Wildman–Crippen MR) is 70.2 cm³/mol. The summed E-state index contributed by atoms with van der Waals surface area (Å²) in [4.78, 5) is 12.3. The molecule has 1 amide bonds. The Bertz CT molecular complexity index is 642. The number of rotatable bonds is 4. The molecule has 0 aromatic heterocycles. The van der Waals surface area contributed by atoms with Crippen molar-refractivity contribution in [3.63, 3.8) is 0 Å². The third-order valence-corrected chi connectivity index (χ3v) is 3.83. The largest absolute Gasteiger partial charge is 0.406 e. The maximum Gasteiger partial charge on any atom is 0.406 e. The maximum atomic E-state index is 12.4. The first-order valence-electron chi connectivity index (χ1n) is 5.95. The van der Waals surface area contributed by atoms with Gasteiger partial charge in [-0.05, 0) is 31.5 Å². The van der Waals surface area contributed by atoms with Gasteiger partial charge in [-0.1, -0.05) is 6.07 Å². The van der Waals surface area contributed by atoms with E-state index in [1.807, 2.05) is 0 Å². The number of primary sulfonamides is 1. The van der Waals surface area contributed by atoms with Gasteiger partial charge in [0.2, 0.25) is 10.0 Å². The normalized spacial score (nSPS) is 12.3. The van der Waals surface area contributed by atoms with Crippen LogP contribution in [0.4, 0.5) is 13.2 Å². The number of sulfonamides is 1. The first-order valence-corrected chi connectivity index (χ1v) is 7.50. The van der Waals surface area contributed by atoms with Gasteiger partial charge in [0.1, 0.15) is 6.54 Å². The van der Waals surface area contributed by atoms with E-state index in [0.29, 0.717) is 10.5 Å². The highest BCUT2D eigenvalue weighted by Crippen LogP contribution is 2.20. The van der Waals surface area contributed by atoms with Crippen LogP contribution in [0.15, 0.2) is 23.1 Å². The first-order chi connectivity index (χ1) is 9.45. The standard InChI is InChI=1S/C12H15F3N2O3S/c1-3-17(7-12(13,14)15)11(18)9-5-4-8(2)10(6-9)21(16,19)20/h4-6H,3,7H2,1-2H3,(H2,16,19,20). The van der Waals surface area contributed by atoms with E-state index in [9.17, 15) is 26.4 Å². The van der Waals surface area contributed by atoms with Crippen molar-refractivity contribution in [2.75, 3.05) is 13.1 Å². The number of nitrogens with zero attached hydrogens (tertiary/aromatic N) is 1. The third-order valence-electron chi connectivity index (χ3n) is 2.78. The van der Waals surface area contributed by atoms with Crippen LogP contribution in [0.2, 0.25) is 0 Å². The van der Waals surface area contributed by atoms with Crippen LogP contribution in [-0.2, 0) is 10.0 Å². The van der Waals surface area contributed by atoms with E-state index in [1.54, 1.807) is 0 Å². The van der Waals surface area contributed by atoms with E-state index in [1.165, 1.54) is 26.0 Å². The van der Waals surface area contributed by atoms with Gasteiger partial charge >= 0.3 is 6.18 Å². The van der Waals surface area contributed by atoms with Crippen LogP contribution in [0, 0.1) is 6.92 Å². The van der Waals surface area contributed by atoms with Crippen LogP contribution in [0.3, 0.4) is 0 Å². The highest BCUT2D eigenvalue weighted by molar-refractivity contribution is 7.89. The average molecular weight is 324 g/mol. The van der Waals surface area contributed by atoms with Gasteiger partial charge in [0, 0.05) is 12.1 Å². The SMILES string of the molecule is CCN(CC(F)(F)F)C(=O)c1ccc(C)c(S(N)(=O)=O)c1. The Hall–Kier alpha value is -1.61. The van der Waals surface area contributed by atoms with Gasteiger partial charge in [0.15, 0.2) is 0 Å². The second-order valence-electron chi connectivity index (χ2n) is 4.46. The molecule has 0 saturated carbocycles. The summed E-state index contributed by atoms with van der Waals surface area (Å²) in [6.45, 7) is 1.32. The molecule has 0 fully saturated rings. The lowest BCUT2D eigenvalue weighted by Gasteiger charge is -2.22.